The van der Waals surface area contributed by atoms with E-state index in [1.807, 2.05) is 42.5 Å². The van der Waals surface area contributed by atoms with E-state index in [1.165, 1.54) is 12.1 Å². The normalized spacial score (nSPS) is 16.9. The molecule has 0 aromatic heterocycles. The van der Waals surface area contributed by atoms with Crippen LogP contribution < -0.4 is 0 Å². The Morgan fingerprint density at radius 1 is 1.00 bits per heavy atom. The molecule has 1 atom stereocenters. The number of halogens is 1. The van der Waals surface area contributed by atoms with Crippen molar-refractivity contribution >= 4 is 16.6 Å². The summed E-state index contributed by atoms with van der Waals surface area (Å²) in [7, 11) is 0. The minimum absolute atomic E-state index is 0.128. The van der Waals surface area contributed by atoms with Gasteiger partial charge in [-0.3, -0.25) is 9.69 Å². The maximum atomic E-state index is 13.1. The fourth-order valence-electron chi connectivity index (χ4n) is 4.02. The van der Waals surface area contributed by atoms with E-state index >= 15 is 0 Å². The number of fused-ring (bicyclic) bond motifs is 1. The Morgan fingerprint density at radius 3 is 2.39 bits per heavy atom. The van der Waals surface area contributed by atoms with E-state index in [4.69, 9.17) is 0 Å². The van der Waals surface area contributed by atoms with Crippen LogP contribution in [0.5, 0.6) is 0 Å². The molecule has 28 heavy (non-hydrogen) atoms. The van der Waals surface area contributed by atoms with Gasteiger partial charge in [-0.05, 0) is 66.4 Å². The first kappa shape index (κ1) is 18.8. The molecule has 0 saturated carbocycles. The van der Waals surface area contributed by atoms with Crippen molar-refractivity contribution in [2.75, 3.05) is 19.6 Å². The van der Waals surface area contributed by atoms with Gasteiger partial charge >= 0.3 is 0 Å². The summed E-state index contributed by atoms with van der Waals surface area (Å²) in [5.74, 6) is -0.0289. The van der Waals surface area contributed by atoms with Gasteiger partial charge < -0.3 is 5.11 Å². The maximum Gasteiger partial charge on any atom is 0.176 e. The summed E-state index contributed by atoms with van der Waals surface area (Å²) >= 11 is 0. The predicted octanol–water partition coefficient (Wildman–Crippen LogP) is 4.61. The van der Waals surface area contributed by atoms with Gasteiger partial charge in [-0.1, -0.05) is 48.5 Å². The van der Waals surface area contributed by atoms with Crippen molar-refractivity contribution in [2.24, 2.45) is 5.92 Å². The molecule has 1 unspecified atom stereocenters. The molecule has 1 aliphatic heterocycles. The quantitative estimate of drug-likeness (QED) is 0.660. The molecule has 0 amide bonds. The summed E-state index contributed by atoms with van der Waals surface area (Å²) in [4.78, 5) is 14.9. The fourth-order valence-corrected chi connectivity index (χ4v) is 4.02. The number of nitrogens with zero attached hydrogens (tertiary/aromatic N) is 1. The molecule has 1 N–H and O–H groups in total. The van der Waals surface area contributed by atoms with Crippen LogP contribution >= 0.6 is 0 Å². The Kier molecular flexibility index (Phi) is 5.51. The van der Waals surface area contributed by atoms with E-state index in [0.29, 0.717) is 6.54 Å². The van der Waals surface area contributed by atoms with Gasteiger partial charge in [0, 0.05) is 5.56 Å². The van der Waals surface area contributed by atoms with E-state index in [2.05, 4.69) is 4.90 Å². The molecule has 0 spiro atoms. The van der Waals surface area contributed by atoms with Crippen LogP contribution in [0.4, 0.5) is 4.39 Å². The average Bonchev–Trinajstić information content (AvgIpc) is 2.74. The first-order chi connectivity index (χ1) is 13.6. The van der Waals surface area contributed by atoms with Gasteiger partial charge in [-0.2, -0.15) is 0 Å². The number of aliphatic hydroxyl groups excluding tert-OH is 1. The van der Waals surface area contributed by atoms with Gasteiger partial charge in [0.2, 0.25) is 0 Å². The lowest BCUT2D eigenvalue weighted by Gasteiger charge is -2.34. The number of hydrogen-bond donors (Lipinski definition) is 1. The van der Waals surface area contributed by atoms with Gasteiger partial charge in [0.15, 0.2) is 5.78 Å². The van der Waals surface area contributed by atoms with Crippen LogP contribution in [0.3, 0.4) is 0 Å². The molecule has 1 heterocycles. The Bertz CT molecular complexity index is 962. The number of carbonyl (C=O) groups is 1. The Balaban J connectivity index is 1.34. The monoisotopic (exact) mass is 377 g/mol. The standard InChI is InChI=1S/C24H24FNO2/c25-22-9-7-18(8-10-22)24(28)19-11-13-26(14-12-19)16-23(27)21-6-5-17-3-1-2-4-20(17)15-21/h1-10,15,19,24,28H,11-14,16H2. The number of benzene rings is 3. The fraction of sp³-hybridized carbons (Fsp3) is 0.292. The third kappa shape index (κ3) is 4.13. The van der Waals surface area contributed by atoms with Crippen LogP contribution in [-0.4, -0.2) is 35.4 Å². The number of carbonyl (C=O) groups excluding carboxylic acids is 1. The van der Waals surface area contributed by atoms with Gasteiger partial charge in [0.1, 0.15) is 5.82 Å². The predicted molar refractivity (Wildman–Crippen MR) is 109 cm³/mol. The third-order valence-electron chi connectivity index (χ3n) is 5.73. The second-order valence-corrected chi connectivity index (χ2v) is 7.60. The number of ketones is 1. The summed E-state index contributed by atoms with van der Waals surface area (Å²) in [6.45, 7) is 1.96. The van der Waals surface area contributed by atoms with Crippen molar-refractivity contribution < 1.29 is 14.3 Å². The summed E-state index contributed by atoms with van der Waals surface area (Å²) < 4.78 is 13.1. The number of piperidine rings is 1. The molecular formula is C24H24FNO2. The van der Waals surface area contributed by atoms with Crippen LogP contribution in [-0.2, 0) is 0 Å². The molecule has 3 nitrogen and oxygen atoms in total. The molecular weight excluding hydrogens is 353 g/mol. The van der Waals surface area contributed by atoms with Crippen molar-refractivity contribution in [3.05, 3.63) is 83.7 Å². The van der Waals surface area contributed by atoms with Crippen molar-refractivity contribution in [1.29, 1.82) is 0 Å². The molecule has 3 aromatic carbocycles. The minimum atomic E-state index is -0.584. The summed E-state index contributed by atoms with van der Waals surface area (Å²) in [5.41, 5.74) is 1.50. The van der Waals surface area contributed by atoms with E-state index < -0.39 is 6.10 Å². The second-order valence-electron chi connectivity index (χ2n) is 7.60. The highest BCUT2D eigenvalue weighted by Crippen LogP contribution is 2.31. The molecule has 4 rings (SSSR count). The zero-order chi connectivity index (χ0) is 19.5. The third-order valence-corrected chi connectivity index (χ3v) is 5.73. The zero-order valence-corrected chi connectivity index (χ0v) is 15.7. The van der Waals surface area contributed by atoms with Crippen LogP contribution in [0.1, 0.15) is 34.9 Å². The van der Waals surface area contributed by atoms with Crippen LogP contribution in [0.2, 0.25) is 0 Å². The van der Waals surface area contributed by atoms with Crippen molar-refractivity contribution in [3.63, 3.8) is 0 Å². The lowest BCUT2D eigenvalue weighted by molar-refractivity contribution is 0.0563. The highest BCUT2D eigenvalue weighted by Gasteiger charge is 2.27. The Hall–Kier alpha value is -2.56. The molecule has 1 aliphatic rings. The molecule has 4 heteroatoms. The second kappa shape index (κ2) is 8.21. The van der Waals surface area contributed by atoms with Crippen molar-refractivity contribution in [3.8, 4) is 0 Å². The summed E-state index contributed by atoms with van der Waals surface area (Å²) in [5, 5.41) is 12.8. The molecule has 1 fully saturated rings. The van der Waals surface area contributed by atoms with Gasteiger partial charge in [0.05, 0.1) is 12.6 Å². The Labute approximate surface area is 164 Å². The molecule has 0 radical (unpaired) electrons. The van der Waals surface area contributed by atoms with Crippen LogP contribution in [0, 0.1) is 11.7 Å². The number of Topliss-reactive ketones (excluding diaryl/α,β-unsaturated/α-hetero) is 1. The number of likely N-dealkylation sites (tertiary alicyclic amines) is 1. The van der Waals surface area contributed by atoms with E-state index in [1.54, 1.807) is 12.1 Å². The lowest BCUT2D eigenvalue weighted by Crippen LogP contribution is -2.38. The van der Waals surface area contributed by atoms with E-state index in [9.17, 15) is 14.3 Å². The van der Waals surface area contributed by atoms with E-state index in [0.717, 1.165) is 47.8 Å². The Morgan fingerprint density at radius 2 is 1.68 bits per heavy atom. The average molecular weight is 377 g/mol. The number of hydrogen-bond acceptors (Lipinski definition) is 3. The highest BCUT2D eigenvalue weighted by molar-refractivity contribution is 6.01. The van der Waals surface area contributed by atoms with Gasteiger partial charge in [-0.15, -0.1) is 0 Å². The van der Waals surface area contributed by atoms with Crippen molar-refractivity contribution in [1.82, 2.24) is 4.90 Å². The smallest absolute Gasteiger partial charge is 0.176 e. The van der Waals surface area contributed by atoms with Gasteiger partial charge in [0.25, 0.3) is 0 Å². The van der Waals surface area contributed by atoms with Crippen LogP contribution in [0.15, 0.2) is 66.7 Å². The lowest BCUT2D eigenvalue weighted by atomic mass is 9.87. The molecule has 0 bridgehead atoms. The van der Waals surface area contributed by atoms with Gasteiger partial charge in [-0.25, -0.2) is 4.39 Å². The maximum absolute atomic E-state index is 13.1. The van der Waals surface area contributed by atoms with Crippen LogP contribution in [0.25, 0.3) is 10.8 Å². The molecule has 144 valence electrons. The molecule has 0 aliphatic carbocycles. The molecule has 3 aromatic rings. The summed E-state index contributed by atoms with van der Waals surface area (Å²) in [6, 6.07) is 20.0. The summed E-state index contributed by atoms with van der Waals surface area (Å²) in [6.07, 6.45) is 1.06. The first-order valence-corrected chi connectivity index (χ1v) is 9.78. The highest BCUT2D eigenvalue weighted by atomic mass is 19.1. The number of rotatable bonds is 5. The first-order valence-electron chi connectivity index (χ1n) is 9.78. The zero-order valence-electron chi connectivity index (χ0n) is 15.7. The molecule has 1 saturated heterocycles. The largest absolute Gasteiger partial charge is 0.388 e. The minimum Gasteiger partial charge on any atom is -0.388 e. The topological polar surface area (TPSA) is 40.5 Å². The SMILES string of the molecule is O=C(CN1CCC(C(O)c2ccc(F)cc2)CC1)c1ccc2ccccc2c1. The number of aliphatic hydroxyl groups is 1. The van der Waals surface area contributed by atoms with Crippen molar-refractivity contribution in [2.45, 2.75) is 18.9 Å². The van der Waals surface area contributed by atoms with E-state index in [-0.39, 0.29) is 17.5 Å².